The molecule has 0 saturated heterocycles. The highest BCUT2D eigenvalue weighted by Gasteiger charge is 2.19. The van der Waals surface area contributed by atoms with Gasteiger partial charge < -0.3 is 14.2 Å². The van der Waals surface area contributed by atoms with Crippen molar-refractivity contribution in [3.05, 3.63) is 58.5 Å². The van der Waals surface area contributed by atoms with Crippen molar-refractivity contribution >= 4 is 15.9 Å². The monoisotopic (exact) mass is 373 g/mol. The van der Waals surface area contributed by atoms with Crippen LogP contribution in [0.5, 0.6) is 17.2 Å². The van der Waals surface area contributed by atoms with Crippen LogP contribution >= 0.6 is 0 Å². The lowest BCUT2D eigenvalue weighted by molar-refractivity contribution is 0.355. The van der Waals surface area contributed by atoms with E-state index < -0.39 is 9.84 Å². The van der Waals surface area contributed by atoms with Crippen molar-refractivity contribution in [2.24, 2.45) is 0 Å². The van der Waals surface area contributed by atoms with Crippen LogP contribution in [0.15, 0.2) is 47.4 Å². The van der Waals surface area contributed by atoms with Gasteiger partial charge in [0.25, 0.3) is 0 Å². The number of hydrogen-bond donors (Lipinski definition) is 0. The maximum atomic E-state index is 12.6. The highest BCUT2D eigenvalue weighted by molar-refractivity contribution is 7.95. The highest BCUT2D eigenvalue weighted by atomic mass is 32.2. The van der Waals surface area contributed by atoms with E-state index in [4.69, 9.17) is 14.2 Å². The molecule has 0 aromatic heterocycles. The molecule has 0 spiro atoms. The normalized spacial score (nSPS) is 11.5. The van der Waals surface area contributed by atoms with Crippen molar-refractivity contribution in [2.45, 2.75) is 5.75 Å². The first-order chi connectivity index (χ1) is 12.4. The molecule has 0 bridgehead atoms. The third-order valence-corrected chi connectivity index (χ3v) is 5.26. The van der Waals surface area contributed by atoms with E-state index in [1.807, 2.05) is 0 Å². The number of benzene rings is 2. The number of allylic oxidation sites excluding steroid dienone is 1. The predicted octanol–water partition coefficient (Wildman–Crippen LogP) is 3.19. The summed E-state index contributed by atoms with van der Waals surface area (Å²) in [5.41, 5.74) is 1.09. The number of nitriles is 1. The Morgan fingerprint density at radius 2 is 1.65 bits per heavy atom. The summed E-state index contributed by atoms with van der Waals surface area (Å²) in [7, 11) is 0.732. The Hall–Kier alpha value is -2.98. The zero-order chi connectivity index (χ0) is 19.2. The molecule has 7 heteroatoms. The van der Waals surface area contributed by atoms with Crippen molar-refractivity contribution < 1.29 is 22.6 Å². The number of rotatable bonds is 7. The van der Waals surface area contributed by atoms with Gasteiger partial charge in [-0.2, -0.15) is 5.26 Å². The summed E-state index contributed by atoms with van der Waals surface area (Å²) in [5, 5.41) is 9.34. The fourth-order valence-electron chi connectivity index (χ4n) is 2.30. The molecule has 0 aliphatic rings. The SMILES string of the molecule is COc1ccc(CS(=O)(=O)/C(C#N)=C/c2ccc(OC)c(OC)c2)cc1. The van der Waals surface area contributed by atoms with Crippen molar-refractivity contribution in [2.75, 3.05) is 21.3 Å². The van der Waals surface area contributed by atoms with Gasteiger partial charge in [-0.05, 0) is 41.5 Å². The molecule has 0 fully saturated rings. The van der Waals surface area contributed by atoms with Crippen LogP contribution in [0.2, 0.25) is 0 Å². The van der Waals surface area contributed by atoms with Crippen molar-refractivity contribution in [1.29, 1.82) is 5.26 Å². The molecule has 2 rings (SSSR count). The van der Waals surface area contributed by atoms with Gasteiger partial charge in [-0.25, -0.2) is 8.42 Å². The number of nitrogens with zero attached hydrogens (tertiary/aromatic N) is 1. The van der Waals surface area contributed by atoms with E-state index in [-0.39, 0.29) is 10.7 Å². The Balaban J connectivity index is 2.33. The van der Waals surface area contributed by atoms with E-state index in [1.54, 1.807) is 48.5 Å². The molecule has 136 valence electrons. The van der Waals surface area contributed by atoms with Crippen LogP contribution in [0.25, 0.3) is 6.08 Å². The summed E-state index contributed by atoms with van der Waals surface area (Å²) in [6.45, 7) is 0. The molecule has 0 heterocycles. The molecule has 0 radical (unpaired) electrons. The third-order valence-electron chi connectivity index (χ3n) is 3.67. The lowest BCUT2D eigenvalue weighted by Crippen LogP contribution is -2.06. The lowest BCUT2D eigenvalue weighted by Gasteiger charge is -2.08. The zero-order valence-corrected chi connectivity index (χ0v) is 15.5. The summed E-state index contributed by atoms with van der Waals surface area (Å²) in [6, 6.07) is 13.3. The molecular formula is C19H19NO5S. The largest absolute Gasteiger partial charge is 0.497 e. The quantitative estimate of drug-likeness (QED) is 0.693. The van der Waals surface area contributed by atoms with Gasteiger partial charge >= 0.3 is 0 Å². The van der Waals surface area contributed by atoms with Crippen LogP contribution in [0.3, 0.4) is 0 Å². The molecule has 0 aliphatic carbocycles. The van der Waals surface area contributed by atoms with Crippen molar-refractivity contribution in [1.82, 2.24) is 0 Å². The van der Waals surface area contributed by atoms with Crippen LogP contribution in [0.4, 0.5) is 0 Å². The Morgan fingerprint density at radius 3 is 2.19 bits per heavy atom. The molecule has 0 aliphatic heterocycles. The van der Waals surface area contributed by atoms with Crippen LogP contribution in [-0.4, -0.2) is 29.7 Å². The Bertz CT molecular complexity index is 941. The fourth-order valence-corrected chi connectivity index (χ4v) is 3.55. The van der Waals surface area contributed by atoms with Gasteiger partial charge in [0.2, 0.25) is 0 Å². The average molecular weight is 373 g/mol. The van der Waals surface area contributed by atoms with E-state index in [9.17, 15) is 13.7 Å². The average Bonchev–Trinajstić information content (AvgIpc) is 2.65. The Labute approximate surface area is 153 Å². The summed E-state index contributed by atoms with van der Waals surface area (Å²) >= 11 is 0. The maximum Gasteiger partial charge on any atom is 0.192 e. The van der Waals surface area contributed by atoms with E-state index in [2.05, 4.69) is 0 Å². The molecule has 0 N–H and O–H groups in total. The van der Waals surface area contributed by atoms with Crippen molar-refractivity contribution in [3.63, 3.8) is 0 Å². The second-order valence-electron chi connectivity index (χ2n) is 5.34. The first kappa shape index (κ1) is 19.3. The lowest BCUT2D eigenvalue weighted by atomic mass is 10.2. The fraction of sp³-hybridized carbons (Fsp3) is 0.211. The Morgan fingerprint density at radius 1 is 1.00 bits per heavy atom. The Kier molecular flexibility index (Phi) is 6.26. The van der Waals surface area contributed by atoms with Gasteiger partial charge in [-0.15, -0.1) is 0 Å². The van der Waals surface area contributed by atoms with Crippen LogP contribution in [0, 0.1) is 11.3 Å². The van der Waals surface area contributed by atoms with Crippen LogP contribution < -0.4 is 14.2 Å². The molecule has 0 unspecified atom stereocenters. The minimum Gasteiger partial charge on any atom is -0.497 e. The highest BCUT2D eigenvalue weighted by Crippen LogP contribution is 2.29. The summed E-state index contributed by atoms with van der Waals surface area (Å²) in [6.07, 6.45) is 1.32. The second-order valence-corrected chi connectivity index (χ2v) is 7.30. The molecule has 0 saturated carbocycles. The van der Waals surface area contributed by atoms with Crippen molar-refractivity contribution in [3.8, 4) is 23.3 Å². The standard InChI is InChI=1S/C19H19NO5S/c1-23-16-7-4-14(5-8-16)13-26(21,22)17(12-20)10-15-6-9-18(24-2)19(11-15)25-3/h4-11H,13H2,1-3H3/b17-10+. The summed E-state index contributed by atoms with van der Waals surface area (Å²) < 4.78 is 40.6. The smallest absolute Gasteiger partial charge is 0.192 e. The molecule has 2 aromatic carbocycles. The molecule has 6 nitrogen and oxygen atoms in total. The zero-order valence-electron chi connectivity index (χ0n) is 14.7. The molecule has 0 amide bonds. The van der Waals surface area contributed by atoms with Gasteiger partial charge in [-0.3, -0.25) is 0 Å². The van der Waals surface area contributed by atoms with Crippen LogP contribution in [-0.2, 0) is 15.6 Å². The van der Waals surface area contributed by atoms with Gasteiger partial charge in [0.1, 0.15) is 16.7 Å². The third kappa shape index (κ3) is 4.55. The number of ether oxygens (including phenoxy) is 3. The molecular weight excluding hydrogens is 354 g/mol. The van der Waals surface area contributed by atoms with E-state index in [0.717, 1.165) is 0 Å². The van der Waals surface area contributed by atoms with Crippen LogP contribution in [0.1, 0.15) is 11.1 Å². The van der Waals surface area contributed by atoms with E-state index in [0.29, 0.717) is 28.4 Å². The number of sulfone groups is 1. The number of hydrogen-bond acceptors (Lipinski definition) is 6. The molecule has 2 aromatic rings. The summed E-state index contributed by atoms with van der Waals surface area (Å²) in [4.78, 5) is -0.319. The molecule has 0 atom stereocenters. The number of methoxy groups -OCH3 is 3. The second kappa shape index (κ2) is 8.41. The van der Waals surface area contributed by atoms with Gasteiger partial charge in [-0.1, -0.05) is 18.2 Å². The molecule has 26 heavy (non-hydrogen) atoms. The minimum atomic E-state index is -3.79. The predicted molar refractivity (Wildman–Crippen MR) is 98.8 cm³/mol. The first-order valence-corrected chi connectivity index (χ1v) is 9.28. The summed E-state index contributed by atoms with van der Waals surface area (Å²) in [5.74, 6) is 1.33. The van der Waals surface area contributed by atoms with Gasteiger partial charge in [0, 0.05) is 0 Å². The van der Waals surface area contributed by atoms with Gasteiger partial charge in [0.15, 0.2) is 21.3 Å². The maximum absolute atomic E-state index is 12.6. The first-order valence-electron chi connectivity index (χ1n) is 7.63. The van der Waals surface area contributed by atoms with E-state index in [1.165, 1.54) is 27.4 Å². The van der Waals surface area contributed by atoms with Gasteiger partial charge in [0.05, 0.1) is 27.1 Å². The van der Waals surface area contributed by atoms with E-state index >= 15 is 0 Å². The minimum absolute atomic E-state index is 0.274. The topological polar surface area (TPSA) is 85.6 Å².